The molecule has 1 aromatic carbocycles. The number of carbonyl (C=O) groups excluding carboxylic acids is 1. The van der Waals surface area contributed by atoms with Crippen LogP contribution >= 0.6 is 0 Å². The van der Waals surface area contributed by atoms with Crippen LogP contribution in [0.25, 0.3) is 11.1 Å². The highest BCUT2D eigenvalue weighted by atomic mass is 16.5. The van der Waals surface area contributed by atoms with Gasteiger partial charge in [0.15, 0.2) is 11.5 Å². The van der Waals surface area contributed by atoms with Crippen LogP contribution in [0.3, 0.4) is 0 Å². The zero-order valence-electron chi connectivity index (χ0n) is 10.6. The third-order valence-electron chi connectivity index (χ3n) is 3.15. The third kappa shape index (κ3) is 2.39. The Morgan fingerprint density at radius 1 is 1.47 bits per heavy atom. The monoisotopic (exact) mass is 261 g/mol. The average Bonchev–Trinajstić information content (AvgIpc) is 2.82. The van der Waals surface area contributed by atoms with Crippen molar-refractivity contribution in [2.75, 3.05) is 20.2 Å². The number of benzene rings is 1. The van der Waals surface area contributed by atoms with E-state index >= 15 is 0 Å². The van der Waals surface area contributed by atoms with Gasteiger partial charge < -0.3 is 19.8 Å². The molecule has 0 spiro atoms. The van der Waals surface area contributed by atoms with Gasteiger partial charge in [0, 0.05) is 25.6 Å². The molecule has 2 N–H and O–H groups in total. The molecule has 1 unspecified atom stereocenters. The molecular weight excluding hydrogens is 246 g/mol. The zero-order valence-corrected chi connectivity index (χ0v) is 10.6. The zero-order chi connectivity index (χ0) is 13.2. The topological polar surface area (TPSA) is 76.4 Å². The summed E-state index contributed by atoms with van der Waals surface area (Å²) in [6.45, 7) is 1.44. The van der Waals surface area contributed by atoms with Crippen molar-refractivity contribution in [2.45, 2.75) is 12.5 Å². The van der Waals surface area contributed by atoms with Crippen molar-refractivity contribution >= 4 is 17.0 Å². The largest absolute Gasteiger partial charge is 0.497 e. The fourth-order valence-corrected chi connectivity index (χ4v) is 2.16. The highest BCUT2D eigenvalue weighted by molar-refractivity contribution is 5.82. The Kier molecular flexibility index (Phi) is 3.08. The molecular formula is C13H15N3O3. The maximum atomic E-state index is 11.7. The Balaban J connectivity index is 1.82. The fourth-order valence-electron chi connectivity index (χ4n) is 2.16. The molecule has 1 aromatic heterocycles. The number of hydrogen-bond acceptors (Lipinski definition) is 5. The predicted octanol–water partition coefficient (Wildman–Crippen LogP) is 0.467. The third-order valence-corrected chi connectivity index (χ3v) is 3.15. The molecule has 1 atom stereocenters. The lowest BCUT2D eigenvalue weighted by Gasteiger charge is -2.22. The van der Waals surface area contributed by atoms with Gasteiger partial charge in [-0.25, -0.2) is 4.98 Å². The molecule has 6 heteroatoms. The second kappa shape index (κ2) is 4.89. The van der Waals surface area contributed by atoms with Gasteiger partial charge in [-0.2, -0.15) is 0 Å². The fraction of sp³-hybridized carbons (Fsp3) is 0.385. The highest BCUT2D eigenvalue weighted by Crippen LogP contribution is 2.21. The smallest absolute Gasteiger partial charge is 0.237 e. The van der Waals surface area contributed by atoms with Crippen LogP contribution < -0.4 is 15.4 Å². The number of hydrogen-bond donors (Lipinski definition) is 2. The number of rotatable bonds is 3. The molecule has 2 aromatic rings. The number of nitrogens with zero attached hydrogens (tertiary/aromatic N) is 1. The first-order valence-corrected chi connectivity index (χ1v) is 6.21. The minimum atomic E-state index is -0.274. The minimum absolute atomic E-state index is 0.00825. The van der Waals surface area contributed by atoms with E-state index in [1.807, 2.05) is 18.2 Å². The molecule has 1 fully saturated rings. The Bertz CT molecular complexity index is 608. The lowest BCUT2D eigenvalue weighted by atomic mass is 10.1. The quantitative estimate of drug-likeness (QED) is 0.839. The lowest BCUT2D eigenvalue weighted by molar-refractivity contribution is -0.124. The van der Waals surface area contributed by atoms with Crippen molar-refractivity contribution < 1.29 is 13.9 Å². The van der Waals surface area contributed by atoms with E-state index in [1.165, 1.54) is 0 Å². The summed E-state index contributed by atoms with van der Waals surface area (Å²) in [7, 11) is 1.61. The highest BCUT2D eigenvalue weighted by Gasteiger charge is 2.23. The number of aromatic nitrogens is 1. The normalized spacial score (nSPS) is 19.4. The van der Waals surface area contributed by atoms with Gasteiger partial charge in [0.1, 0.15) is 11.3 Å². The van der Waals surface area contributed by atoms with Crippen molar-refractivity contribution in [3.8, 4) is 5.75 Å². The summed E-state index contributed by atoms with van der Waals surface area (Å²) in [6.07, 6.45) is 0.447. The van der Waals surface area contributed by atoms with Crippen LogP contribution in [-0.4, -0.2) is 37.1 Å². The van der Waals surface area contributed by atoms with Gasteiger partial charge in [0.2, 0.25) is 5.91 Å². The molecule has 0 radical (unpaired) electrons. The lowest BCUT2D eigenvalue weighted by Crippen LogP contribution is -2.53. The Hall–Kier alpha value is -2.08. The van der Waals surface area contributed by atoms with Crippen LogP contribution in [0.5, 0.6) is 5.75 Å². The van der Waals surface area contributed by atoms with Gasteiger partial charge in [-0.05, 0) is 12.1 Å². The summed E-state index contributed by atoms with van der Waals surface area (Å²) in [5.74, 6) is 1.28. The van der Waals surface area contributed by atoms with Gasteiger partial charge >= 0.3 is 0 Å². The van der Waals surface area contributed by atoms with Gasteiger partial charge in [0.05, 0.1) is 13.2 Å². The molecule has 1 amide bonds. The first-order chi connectivity index (χ1) is 9.26. The molecule has 100 valence electrons. The number of piperazine rings is 1. The van der Waals surface area contributed by atoms with Crippen LogP contribution in [0.4, 0.5) is 0 Å². The van der Waals surface area contributed by atoms with Gasteiger partial charge in [-0.1, -0.05) is 0 Å². The average molecular weight is 261 g/mol. The van der Waals surface area contributed by atoms with E-state index < -0.39 is 0 Å². The van der Waals surface area contributed by atoms with Crippen molar-refractivity contribution in [1.82, 2.24) is 15.6 Å². The standard InChI is InChI=1S/C13H15N3O3/c1-18-8-2-3-11-9(6-8)16-12(19-11)7-10-13(17)15-5-4-14-10/h2-3,6,10,14H,4-5,7H2,1H3,(H,15,17). The molecule has 2 heterocycles. The first-order valence-electron chi connectivity index (χ1n) is 6.21. The number of oxazole rings is 1. The Morgan fingerprint density at radius 2 is 2.37 bits per heavy atom. The van der Waals surface area contributed by atoms with Crippen molar-refractivity contribution in [3.63, 3.8) is 0 Å². The first kappa shape index (κ1) is 12.0. The molecule has 1 saturated heterocycles. The van der Waals surface area contributed by atoms with Crippen LogP contribution in [-0.2, 0) is 11.2 Å². The SMILES string of the molecule is COc1ccc2oc(CC3NCCNC3=O)nc2c1. The summed E-state index contributed by atoms with van der Waals surface area (Å²) in [5, 5.41) is 5.96. The van der Waals surface area contributed by atoms with E-state index in [4.69, 9.17) is 9.15 Å². The van der Waals surface area contributed by atoms with E-state index in [1.54, 1.807) is 7.11 Å². The summed E-state index contributed by atoms with van der Waals surface area (Å²) in [4.78, 5) is 16.0. The van der Waals surface area contributed by atoms with Crippen LogP contribution in [0.2, 0.25) is 0 Å². The number of fused-ring (bicyclic) bond motifs is 1. The summed E-state index contributed by atoms with van der Waals surface area (Å²) in [6, 6.07) is 5.18. The van der Waals surface area contributed by atoms with Gasteiger partial charge in [0.25, 0.3) is 0 Å². The molecule has 1 aliphatic heterocycles. The van der Waals surface area contributed by atoms with Crippen molar-refractivity contribution in [2.24, 2.45) is 0 Å². The van der Waals surface area contributed by atoms with E-state index in [0.717, 1.165) is 17.8 Å². The Labute approximate surface area is 110 Å². The maximum absolute atomic E-state index is 11.7. The molecule has 19 heavy (non-hydrogen) atoms. The summed E-state index contributed by atoms with van der Waals surface area (Å²) < 4.78 is 10.8. The predicted molar refractivity (Wildman–Crippen MR) is 69.1 cm³/mol. The van der Waals surface area contributed by atoms with Crippen LogP contribution in [0.15, 0.2) is 22.6 Å². The van der Waals surface area contributed by atoms with E-state index in [-0.39, 0.29) is 11.9 Å². The summed E-state index contributed by atoms with van der Waals surface area (Å²) >= 11 is 0. The molecule has 6 nitrogen and oxygen atoms in total. The Morgan fingerprint density at radius 3 is 3.16 bits per heavy atom. The minimum Gasteiger partial charge on any atom is -0.497 e. The van der Waals surface area contributed by atoms with Gasteiger partial charge in [-0.3, -0.25) is 4.79 Å². The second-order valence-electron chi connectivity index (χ2n) is 4.44. The molecule has 0 aliphatic carbocycles. The van der Waals surface area contributed by atoms with Crippen molar-refractivity contribution in [1.29, 1.82) is 0 Å². The maximum Gasteiger partial charge on any atom is 0.237 e. The molecule has 3 rings (SSSR count). The number of nitrogens with one attached hydrogen (secondary N) is 2. The van der Waals surface area contributed by atoms with Crippen molar-refractivity contribution in [3.05, 3.63) is 24.1 Å². The number of methoxy groups -OCH3 is 1. The molecule has 1 aliphatic rings. The molecule has 0 saturated carbocycles. The number of ether oxygens (including phenoxy) is 1. The summed E-state index contributed by atoms with van der Waals surface area (Å²) in [5.41, 5.74) is 1.44. The number of carbonyl (C=O) groups is 1. The van der Waals surface area contributed by atoms with Crippen LogP contribution in [0.1, 0.15) is 5.89 Å². The second-order valence-corrected chi connectivity index (χ2v) is 4.44. The van der Waals surface area contributed by atoms with E-state index in [2.05, 4.69) is 15.6 Å². The molecule has 0 bridgehead atoms. The van der Waals surface area contributed by atoms with E-state index in [0.29, 0.717) is 24.4 Å². The van der Waals surface area contributed by atoms with Gasteiger partial charge in [-0.15, -0.1) is 0 Å². The van der Waals surface area contributed by atoms with E-state index in [9.17, 15) is 4.79 Å². The number of amides is 1. The van der Waals surface area contributed by atoms with Crippen LogP contribution in [0, 0.1) is 0 Å².